The summed E-state index contributed by atoms with van der Waals surface area (Å²) >= 11 is 0. The summed E-state index contributed by atoms with van der Waals surface area (Å²) in [6, 6.07) is 10.2. The number of rotatable bonds is 7. The van der Waals surface area contributed by atoms with E-state index in [1.807, 2.05) is 24.3 Å². The van der Waals surface area contributed by atoms with Gasteiger partial charge in [0, 0.05) is 0 Å². The molecule has 2 heterocycles. The molecule has 4 amide bonds. The van der Waals surface area contributed by atoms with Crippen LogP contribution in [0.5, 0.6) is 0 Å². The first-order valence-corrected chi connectivity index (χ1v) is 9.41. The van der Waals surface area contributed by atoms with Gasteiger partial charge >= 0.3 is 6.03 Å². The van der Waals surface area contributed by atoms with Gasteiger partial charge in [0.05, 0.1) is 12.3 Å². The second kappa shape index (κ2) is 7.88. The van der Waals surface area contributed by atoms with E-state index < -0.39 is 23.4 Å². The molecule has 148 valence electrons. The Labute approximate surface area is 164 Å². The normalized spacial score (nSPS) is 20.2. The summed E-state index contributed by atoms with van der Waals surface area (Å²) in [6.45, 7) is 5.18. The summed E-state index contributed by atoms with van der Waals surface area (Å²) in [6.07, 6.45) is 3.51. The number of urea groups is 1. The standard InChI is InChI=1S/C21H25N3O4/c1-4-6-15-8-10-16(11-9-15)21(3)19(26)24(20(27)23-21)13-18(25)22-14(2)17-7-5-12-28-17/h5,7-12,14H,4,6,13H2,1-3H3,(H,22,25)(H,23,27). The number of amides is 4. The lowest BCUT2D eigenvalue weighted by Crippen LogP contribution is -2.43. The maximum Gasteiger partial charge on any atom is 0.325 e. The molecule has 2 aromatic rings. The van der Waals surface area contributed by atoms with Crippen LogP contribution in [0.15, 0.2) is 47.1 Å². The SMILES string of the molecule is CCCc1ccc(C2(C)NC(=O)N(CC(=O)NC(C)c3ccco3)C2=O)cc1. The van der Waals surface area contributed by atoms with Gasteiger partial charge in [0.25, 0.3) is 5.91 Å². The van der Waals surface area contributed by atoms with E-state index in [1.165, 1.54) is 11.8 Å². The zero-order valence-electron chi connectivity index (χ0n) is 16.3. The summed E-state index contributed by atoms with van der Waals surface area (Å²) in [4.78, 5) is 38.6. The number of nitrogens with one attached hydrogen (secondary N) is 2. The van der Waals surface area contributed by atoms with Crippen LogP contribution in [0.1, 0.15) is 50.1 Å². The van der Waals surface area contributed by atoms with E-state index >= 15 is 0 Å². The molecule has 2 atom stereocenters. The predicted molar refractivity (Wildman–Crippen MR) is 103 cm³/mol. The second-order valence-electron chi connectivity index (χ2n) is 7.20. The second-order valence-corrected chi connectivity index (χ2v) is 7.20. The topological polar surface area (TPSA) is 91.7 Å². The van der Waals surface area contributed by atoms with Gasteiger partial charge in [0.1, 0.15) is 17.8 Å². The molecule has 0 radical (unpaired) electrons. The molecule has 7 nitrogen and oxygen atoms in total. The fourth-order valence-electron chi connectivity index (χ4n) is 3.37. The molecule has 0 saturated carbocycles. The highest BCUT2D eigenvalue weighted by Crippen LogP contribution is 2.29. The number of aryl methyl sites for hydroxylation is 1. The van der Waals surface area contributed by atoms with Gasteiger partial charge in [-0.15, -0.1) is 0 Å². The van der Waals surface area contributed by atoms with Crippen molar-refractivity contribution in [1.29, 1.82) is 0 Å². The molecular formula is C21H25N3O4. The first-order chi connectivity index (χ1) is 13.3. The molecule has 1 aromatic heterocycles. The van der Waals surface area contributed by atoms with Crippen LogP contribution in [0.3, 0.4) is 0 Å². The van der Waals surface area contributed by atoms with Gasteiger partial charge in [0.15, 0.2) is 0 Å². The fourth-order valence-corrected chi connectivity index (χ4v) is 3.37. The Kier molecular flexibility index (Phi) is 5.53. The van der Waals surface area contributed by atoms with Crippen molar-refractivity contribution in [2.24, 2.45) is 0 Å². The monoisotopic (exact) mass is 383 g/mol. The van der Waals surface area contributed by atoms with E-state index in [9.17, 15) is 14.4 Å². The van der Waals surface area contributed by atoms with Crippen LogP contribution in [0.4, 0.5) is 4.79 Å². The zero-order valence-corrected chi connectivity index (χ0v) is 16.3. The van der Waals surface area contributed by atoms with Crippen LogP contribution < -0.4 is 10.6 Å². The summed E-state index contributed by atoms with van der Waals surface area (Å²) in [5.41, 5.74) is 0.682. The molecule has 1 aromatic carbocycles. The van der Waals surface area contributed by atoms with E-state index in [4.69, 9.17) is 4.42 Å². The van der Waals surface area contributed by atoms with Crippen molar-refractivity contribution in [2.45, 2.75) is 45.2 Å². The minimum atomic E-state index is -1.19. The van der Waals surface area contributed by atoms with Crippen molar-refractivity contribution in [3.63, 3.8) is 0 Å². The van der Waals surface area contributed by atoms with Gasteiger partial charge in [0.2, 0.25) is 5.91 Å². The molecule has 0 aliphatic carbocycles. The first kappa shape index (κ1) is 19.7. The van der Waals surface area contributed by atoms with Crippen molar-refractivity contribution < 1.29 is 18.8 Å². The minimum Gasteiger partial charge on any atom is -0.467 e. The third-order valence-electron chi connectivity index (χ3n) is 4.99. The maximum absolute atomic E-state index is 12.9. The summed E-state index contributed by atoms with van der Waals surface area (Å²) in [5.74, 6) is -0.279. The molecule has 2 N–H and O–H groups in total. The van der Waals surface area contributed by atoms with Gasteiger partial charge < -0.3 is 15.1 Å². The Hall–Kier alpha value is -3.09. The average molecular weight is 383 g/mol. The van der Waals surface area contributed by atoms with E-state index in [0.717, 1.165) is 17.7 Å². The zero-order chi connectivity index (χ0) is 20.3. The molecule has 0 spiro atoms. The quantitative estimate of drug-likeness (QED) is 0.719. The van der Waals surface area contributed by atoms with Crippen LogP contribution in [0, 0.1) is 0 Å². The highest BCUT2D eigenvalue weighted by Gasteiger charge is 2.49. The highest BCUT2D eigenvalue weighted by atomic mass is 16.3. The van der Waals surface area contributed by atoms with E-state index in [-0.39, 0.29) is 12.6 Å². The van der Waals surface area contributed by atoms with Crippen molar-refractivity contribution in [3.8, 4) is 0 Å². The fraction of sp³-hybridized carbons (Fsp3) is 0.381. The van der Waals surface area contributed by atoms with E-state index in [2.05, 4.69) is 17.6 Å². The van der Waals surface area contributed by atoms with Crippen molar-refractivity contribution in [3.05, 3.63) is 59.5 Å². The van der Waals surface area contributed by atoms with Crippen molar-refractivity contribution in [2.75, 3.05) is 6.54 Å². The lowest BCUT2D eigenvalue weighted by molar-refractivity contribution is -0.135. The largest absolute Gasteiger partial charge is 0.467 e. The lowest BCUT2D eigenvalue weighted by atomic mass is 9.91. The van der Waals surface area contributed by atoms with Crippen molar-refractivity contribution in [1.82, 2.24) is 15.5 Å². The number of hydrogen-bond acceptors (Lipinski definition) is 4. The number of carbonyl (C=O) groups is 3. The van der Waals surface area contributed by atoms with Gasteiger partial charge in [-0.25, -0.2) is 4.79 Å². The average Bonchev–Trinajstić information content (AvgIpc) is 3.27. The van der Waals surface area contributed by atoms with Gasteiger partial charge in [-0.3, -0.25) is 14.5 Å². The Morgan fingerprint density at radius 3 is 2.57 bits per heavy atom. The third kappa shape index (κ3) is 3.78. The van der Waals surface area contributed by atoms with Gasteiger partial charge in [-0.2, -0.15) is 0 Å². The smallest absolute Gasteiger partial charge is 0.325 e. The van der Waals surface area contributed by atoms with E-state index in [0.29, 0.717) is 11.3 Å². The number of benzene rings is 1. The molecule has 2 unspecified atom stereocenters. The summed E-state index contributed by atoms with van der Waals surface area (Å²) in [5, 5.41) is 5.46. The maximum atomic E-state index is 12.9. The molecule has 0 bridgehead atoms. The molecule has 1 fully saturated rings. The minimum absolute atomic E-state index is 0.348. The number of hydrogen-bond donors (Lipinski definition) is 2. The first-order valence-electron chi connectivity index (χ1n) is 9.41. The van der Waals surface area contributed by atoms with E-state index in [1.54, 1.807) is 26.0 Å². The number of carbonyl (C=O) groups excluding carboxylic acids is 3. The van der Waals surface area contributed by atoms with Crippen molar-refractivity contribution >= 4 is 17.8 Å². The number of nitrogens with zero attached hydrogens (tertiary/aromatic N) is 1. The Bertz CT molecular complexity index is 860. The lowest BCUT2D eigenvalue weighted by Gasteiger charge is -2.22. The van der Waals surface area contributed by atoms with Crippen LogP contribution in [-0.2, 0) is 21.5 Å². The molecule has 28 heavy (non-hydrogen) atoms. The van der Waals surface area contributed by atoms with Gasteiger partial charge in [-0.05, 0) is 43.5 Å². The highest BCUT2D eigenvalue weighted by molar-refractivity contribution is 6.09. The number of furan rings is 1. The predicted octanol–water partition coefficient (Wildman–Crippen LogP) is 2.88. The molecule has 7 heteroatoms. The summed E-state index contributed by atoms with van der Waals surface area (Å²) in [7, 11) is 0. The molecule has 1 saturated heterocycles. The van der Waals surface area contributed by atoms with Gasteiger partial charge in [-0.1, -0.05) is 37.6 Å². The Balaban J connectivity index is 1.69. The third-order valence-corrected chi connectivity index (χ3v) is 4.99. The Morgan fingerprint density at radius 1 is 1.25 bits per heavy atom. The van der Waals surface area contributed by atoms with Crippen LogP contribution >= 0.6 is 0 Å². The van der Waals surface area contributed by atoms with Crippen LogP contribution in [0.25, 0.3) is 0 Å². The van der Waals surface area contributed by atoms with Crippen LogP contribution in [0.2, 0.25) is 0 Å². The summed E-state index contributed by atoms with van der Waals surface area (Å²) < 4.78 is 5.25. The molecule has 1 aliphatic rings. The van der Waals surface area contributed by atoms with Crippen LogP contribution in [-0.4, -0.2) is 29.3 Å². The molecule has 1 aliphatic heterocycles. The molecular weight excluding hydrogens is 358 g/mol. The molecule has 3 rings (SSSR count). The number of imide groups is 1. The Morgan fingerprint density at radius 2 is 1.96 bits per heavy atom.